The van der Waals surface area contributed by atoms with Crippen LogP contribution in [0.15, 0.2) is 30.3 Å². The van der Waals surface area contributed by atoms with Gasteiger partial charge in [0.15, 0.2) is 0 Å². The first-order valence-corrected chi connectivity index (χ1v) is 6.78. The second-order valence-electron chi connectivity index (χ2n) is 5.26. The van der Waals surface area contributed by atoms with Crippen LogP contribution in [-0.4, -0.2) is 36.0 Å². The third-order valence-corrected chi connectivity index (χ3v) is 3.51. The Labute approximate surface area is 118 Å². The summed E-state index contributed by atoms with van der Waals surface area (Å²) in [5.41, 5.74) is 0.719. The van der Waals surface area contributed by atoms with E-state index in [2.05, 4.69) is 5.32 Å². The first-order valence-electron chi connectivity index (χ1n) is 6.78. The minimum atomic E-state index is -0.717. The normalized spacial score (nSPS) is 23.1. The Morgan fingerprint density at radius 2 is 1.90 bits per heavy atom. The van der Waals surface area contributed by atoms with E-state index >= 15 is 0 Å². The van der Waals surface area contributed by atoms with Gasteiger partial charge in [-0.3, -0.25) is 9.59 Å². The summed E-state index contributed by atoms with van der Waals surface area (Å²) in [7, 11) is 0. The molecule has 4 nitrogen and oxygen atoms in total. The van der Waals surface area contributed by atoms with Crippen LogP contribution in [0.1, 0.15) is 25.5 Å². The molecule has 1 N–H and O–H groups in total. The van der Waals surface area contributed by atoms with Crippen LogP contribution in [-0.2, 0) is 9.59 Å². The lowest BCUT2D eigenvalue weighted by molar-refractivity contribution is -0.151. The highest BCUT2D eigenvalue weighted by Crippen LogP contribution is 2.25. The van der Waals surface area contributed by atoms with E-state index in [0.717, 1.165) is 5.56 Å². The highest BCUT2D eigenvalue weighted by molar-refractivity contribution is 5.97. The molecule has 2 rings (SSSR count). The minimum Gasteiger partial charge on any atom is -0.339 e. The van der Waals surface area contributed by atoms with Gasteiger partial charge in [0, 0.05) is 6.54 Å². The summed E-state index contributed by atoms with van der Waals surface area (Å²) < 4.78 is 12.7. The van der Waals surface area contributed by atoms with Gasteiger partial charge >= 0.3 is 0 Å². The Morgan fingerprint density at radius 1 is 1.25 bits per heavy atom. The third kappa shape index (κ3) is 2.66. The maximum absolute atomic E-state index is 12.7. The fourth-order valence-electron chi connectivity index (χ4n) is 2.61. The van der Waals surface area contributed by atoms with Crippen molar-refractivity contribution in [2.45, 2.75) is 25.9 Å². The molecule has 1 heterocycles. The molecule has 5 heteroatoms. The van der Waals surface area contributed by atoms with Crippen LogP contribution in [0.5, 0.6) is 0 Å². The van der Waals surface area contributed by atoms with Gasteiger partial charge in [-0.25, -0.2) is 4.39 Å². The Hall–Kier alpha value is -1.91. The molecule has 0 spiro atoms. The number of benzene rings is 1. The number of halogens is 1. The first-order chi connectivity index (χ1) is 9.56. The molecule has 0 radical (unpaired) electrons. The summed E-state index contributed by atoms with van der Waals surface area (Å²) in [5, 5.41) is 2.75. The van der Waals surface area contributed by atoms with E-state index in [4.69, 9.17) is 0 Å². The molecule has 0 bridgehead atoms. The van der Waals surface area contributed by atoms with Crippen molar-refractivity contribution in [3.63, 3.8) is 0 Å². The van der Waals surface area contributed by atoms with Gasteiger partial charge in [-0.1, -0.05) is 44.2 Å². The van der Waals surface area contributed by atoms with E-state index in [1.54, 1.807) is 12.1 Å². The molecule has 2 unspecified atom stereocenters. The zero-order chi connectivity index (χ0) is 14.7. The number of hydrogen-bond acceptors (Lipinski definition) is 2. The summed E-state index contributed by atoms with van der Waals surface area (Å²) >= 11 is 0. The van der Waals surface area contributed by atoms with Crippen molar-refractivity contribution in [3.8, 4) is 0 Å². The number of rotatable bonds is 4. The van der Waals surface area contributed by atoms with Crippen LogP contribution >= 0.6 is 0 Å². The van der Waals surface area contributed by atoms with Crippen molar-refractivity contribution >= 4 is 11.8 Å². The topological polar surface area (TPSA) is 49.4 Å². The van der Waals surface area contributed by atoms with E-state index in [1.165, 1.54) is 4.90 Å². The first kappa shape index (κ1) is 14.5. The Balaban J connectivity index is 2.31. The van der Waals surface area contributed by atoms with E-state index < -0.39 is 18.8 Å². The quantitative estimate of drug-likeness (QED) is 0.911. The highest BCUT2D eigenvalue weighted by atomic mass is 19.1. The standard InChI is InChI=1S/C15H19FN2O2/c1-10(2)13-14(19)17-12(11-6-4-3-5-7-11)15(20)18(13)9-8-16/h3-7,10,12-13H,8-9H2,1-2H3,(H,17,19). The van der Waals surface area contributed by atoms with E-state index in [9.17, 15) is 14.0 Å². The maximum atomic E-state index is 12.7. The van der Waals surface area contributed by atoms with Gasteiger partial charge in [-0.2, -0.15) is 0 Å². The summed E-state index contributed by atoms with van der Waals surface area (Å²) in [6.45, 7) is 3.01. The second-order valence-corrected chi connectivity index (χ2v) is 5.26. The smallest absolute Gasteiger partial charge is 0.250 e. The molecule has 108 valence electrons. The monoisotopic (exact) mass is 278 g/mol. The van der Waals surface area contributed by atoms with E-state index in [0.29, 0.717) is 0 Å². The van der Waals surface area contributed by atoms with Crippen molar-refractivity contribution in [1.29, 1.82) is 0 Å². The van der Waals surface area contributed by atoms with Gasteiger partial charge in [0.25, 0.3) is 5.91 Å². The molecule has 0 aromatic heterocycles. The number of piperazine rings is 1. The number of alkyl halides is 1. The Morgan fingerprint density at radius 3 is 2.45 bits per heavy atom. The van der Waals surface area contributed by atoms with Crippen LogP contribution in [0.2, 0.25) is 0 Å². The molecule has 0 saturated carbocycles. The Kier molecular flexibility index (Phi) is 4.37. The zero-order valence-electron chi connectivity index (χ0n) is 11.7. The van der Waals surface area contributed by atoms with Crippen LogP contribution in [0.3, 0.4) is 0 Å². The molecule has 1 fully saturated rings. The third-order valence-electron chi connectivity index (χ3n) is 3.51. The fourth-order valence-corrected chi connectivity index (χ4v) is 2.61. The number of nitrogens with one attached hydrogen (secondary N) is 1. The maximum Gasteiger partial charge on any atom is 0.250 e. The number of carbonyl (C=O) groups is 2. The molecule has 1 saturated heterocycles. The van der Waals surface area contributed by atoms with Gasteiger partial charge in [-0.05, 0) is 11.5 Å². The van der Waals surface area contributed by atoms with Gasteiger partial charge < -0.3 is 10.2 Å². The highest BCUT2D eigenvalue weighted by Gasteiger charge is 2.42. The van der Waals surface area contributed by atoms with Gasteiger partial charge in [0.2, 0.25) is 5.91 Å². The van der Waals surface area contributed by atoms with Crippen LogP contribution in [0, 0.1) is 5.92 Å². The molecule has 1 aliphatic rings. The van der Waals surface area contributed by atoms with Gasteiger partial charge in [0.05, 0.1) is 0 Å². The average Bonchev–Trinajstić information content (AvgIpc) is 2.43. The Bertz CT molecular complexity index is 490. The van der Waals surface area contributed by atoms with E-state index in [-0.39, 0.29) is 24.3 Å². The lowest BCUT2D eigenvalue weighted by Gasteiger charge is -2.40. The summed E-state index contributed by atoms with van der Waals surface area (Å²) in [6.07, 6.45) is 0. The second kappa shape index (κ2) is 6.03. The van der Waals surface area contributed by atoms with Crippen LogP contribution in [0.4, 0.5) is 4.39 Å². The summed E-state index contributed by atoms with van der Waals surface area (Å²) in [6, 6.07) is 7.71. The summed E-state index contributed by atoms with van der Waals surface area (Å²) in [5.74, 6) is -0.517. The van der Waals surface area contributed by atoms with Crippen molar-refractivity contribution in [2.75, 3.05) is 13.2 Å². The van der Waals surface area contributed by atoms with Gasteiger partial charge in [-0.15, -0.1) is 0 Å². The molecule has 1 aromatic rings. The molecule has 1 aliphatic heterocycles. The van der Waals surface area contributed by atoms with E-state index in [1.807, 2.05) is 32.0 Å². The zero-order valence-corrected chi connectivity index (χ0v) is 11.7. The molecule has 1 aromatic carbocycles. The summed E-state index contributed by atoms with van der Waals surface area (Å²) in [4.78, 5) is 26.1. The lowest BCUT2D eigenvalue weighted by Crippen LogP contribution is -2.61. The number of amides is 2. The van der Waals surface area contributed by atoms with Gasteiger partial charge in [0.1, 0.15) is 18.8 Å². The predicted octanol–water partition coefficient (Wildman–Crippen LogP) is 1.68. The SMILES string of the molecule is CC(C)C1C(=O)NC(c2ccccc2)C(=O)N1CCF. The van der Waals surface area contributed by atoms with Crippen molar-refractivity contribution in [2.24, 2.45) is 5.92 Å². The largest absolute Gasteiger partial charge is 0.339 e. The molecule has 2 amide bonds. The molecular weight excluding hydrogens is 259 g/mol. The minimum absolute atomic E-state index is 0.0432. The molecule has 2 atom stereocenters. The van der Waals surface area contributed by atoms with Crippen LogP contribution < -0.4 is 5.32 Å². The fraction of sp³-hybridized carbons (Fsp3) is 0.467. The van der Waals surface area contributed by atoms with Crippen molar-refractivity contribution in [3.05, 3.63) is 35.9 Å². The predicted molar refractivity (Wildman–Crippen MR) is 73.6 cm³/mol. The average molecular weight is 278 g/mol. The number of nitrogens with zero attached hydrogens (tertiary/aromatic N) is 1. The molecule has 20 heavy (non-hydrogen) atoms. The lowest BCUT2D eigenvalue weighted by atomic mass is 9.94. The van der Waals surface area contributed by atoms with Crippen molar-refractivity contribution in [1.82, 2.24) is 10.2 Å². The number of hydrogen-bond donors (Lipinski definition) is 1. The van der Waals surface area contributed by atoms with Crippen LogP contribution in [0.25, 0.3) is 0 Å². The number of carbonyl (C=O) groups excluding carboxylic acids is 2. The molecular formula is C15H19FN2O2. The molecule has 0 aliphatic carbocycles. The van der Waals surface area contributed by atoms with Crippen molar-refractivity contribution < 1.29 is 14.0 Å².